The van der Waals surface area contributed by atoms with E-state index in [2.05, 4.69) is 6.92 Å². The van der Waals surface area contributed by atoms with Crippen LogP contribution in [-0.4, -0.2) is 48.2 Å². The van der Waals surface area contributed by atoms with Crippen LogP contribution >= 0.6 is 0 Å². The fourth-order valence-corrected chi connectivity index (χ4v) is 3.28. The zero-order valence-corrected chi connectivity index (χ0v) is 12.8. The highest BCUT2D eigenvalue weighted by molar-refractivity contribution is 5.91. The number of carboxylic acids is 1. The lowest BCUT2D eigenvalue weighted by Gasteiger charge is -2.30. The fourth-order valence-electron chi connectivity index (χ4n) is 3.28. The second-order valence-electron chi connectivity index (χ2n) is 6.72. The number of nitrogens with zero attached hydrogens (tertiary/aromatic N) is 1. The number of carbonyl (C=O) groups is 2. The molecule has 0 aromatic carbocycles. The summed E-state index contributed by atoms with van der Waals surface area (Å²) in [6.07, 6.45) is 2.32. The predicted molar refractivity (Wildman–Crippen MR) is 74.2 cm³/mol. The second kappa shape index (κ2) is 5.35. The van der Waals surface area contributed by atoms with Gasteiger partial charge in [-0.1, -0.05) is 13.8 Å². The maximum atomic E-state index is 12.7. The molecule has 2 fully saturated rings. The molecule has 0 spiro atoms. The molecule has 2 aliphatic rings. The Labute approximate surface area is 120 Å². The summed E-state index contributed by atoms with van der Waals surface area (Å²) in [5.74, 6) is -1.25. The summed E-state index contributed by atoms with van der Waals surface area (Å²) >= 11 is 0. The molecule has 2 aliphatic carbocycles. The van der Waals surface area contributed by atoms with Gasteiger partial charge in [-0.15, -0.1) is 0 Å². The molecule has 114 valence electrons. The highest BCUT2D eigenvalue weighted by atomic mass is 16.5. The minimum absolute atomic E-state index is 0.0150. The second-order valence-corrected chi connectivity index (χ2v) is 6.72. The van der Waals surface area contributed by atoms with Crippen molar-refractivity contribution in [3.63, 3.8) is 0 Å². The van der Waals surface area contributed by atoms with Crippen LogP contribution in [0.4, 0.5) is 0 Å². The third-order valence-corrected chi connectivity index (χ3v) is 4.97. The monoisotopic (exact) mass is 283 g/mol. The molecule has 1 amide bonds. The average Bonchev–Trinajstić information content (AvgIpc) is 3.23. The summed E-state index contributed by atoms with van der Waals surface area (Å²) in [6.45, 7) is 6.84. The number of methoxy groups -OCH3 is 1. The van der Waals surface area contributed by atoms with E-state index in [1.165, 1.54) is 0 Å². The van der Waals surface area contributed by atoms with Crippen LogP contribution in [0.5, 0.6) is 0 Å². The number of aliphatic carboxylic acids is 1. The predicted octanol–water partition coefficient (Wildman–Crippen LogP) is 1.62. The van der Waals surface area contributed by atoms with E-state index in [1.807, 2.05) is 18.7 Å². The van der Waals surface area contributed by atoms with E-state index in [1.54, 1.807) is 7.11 Å². The van der Waals surface area contributed by atoms with E-state index in [-0.39, 0.29) is 11.9 Å². The minimum Gasteiger partial charge on any atom is -0.481 e. The number of amides is 1. The lowest BCUT2D eigenvalue weighted by atomic mass is 10.1. The molecular weight excluding hydrogens is 258 g/mol. The number of rotatable bonds is 7. The summed E-state index contributed by atoms with van der Waals surface area (Å²) in [4.78, 5) is 25.8. The van der Waals surface area contributed by atoms with Gasteiger partial charge in [-0.3, -0.25) is 9.59 Å². The Bertz CT molecular complexity index is 403. The van der Waals surface area contributed by atoms with Gasteiger partial charge in [-0.2, -0.15) is 0 Å². The number of carbonyl (C=O) groups excluding carboxylic acids is 1. The van der Waals surface area contributed by atoms with Crippen molar-refractivity contribution in [1.29, 1.82) is 0 Å². The third-order valence-electron chi connectivity index (χ3n) is 4.97. The summed E-state index contributed by atoms with van der Waals surface area (Å²) in [6, 6.07) is 0.184. The number of ether oxygens (including phenoxy) is 1. The van der Waals surface area contributed by atoms with Crippen LogP contribution in [0.1, 0.15) is 33.6 Å². The van der Waals surface area contributed by atoms with Crippen LogP contribution in [0.3, 0.4) is 0 Å². The molecule has 0 bridgehead atoms. The molecule has 0 radical (unpaired) electrons. The maximum Gasteiger partial charge on any atom is 0.307 e. The van der Waals surface area contributed by atoms with E-state index < -0.39 is 23.2 Å². The van der Waals surface area contributed by atoms with Crippen molar-refractivity contribution in [3.05, 3.63) is 0 Å². The van der Waals surface area contributed by atoms with Crippen LogP contribution in [-0.2, 0) is 14.3 Å². The Hall–Kier alpha value is -1.10. The summed E-state index contributed by atoms with van der Waals surface area (Å²) in [7, 11) is 1.62. The lowest BCUT2D eigenvalue weighted by Crippen LogP contribution is -2.43. The number of hydrogen-bond donors (Lipinski definition) is 1. The molecule has 3 atom stereocenters. The van der Waals surface area contributed by atoms with Gasteiger partial charge in [0.05, 0.1) is 18.4 Å². The van der Waals surface area contributed by atoms with Crippen LogP contribution < -0.4 is 0 Å². The number of carboxylic acid groups (broad SMARTS) is 1. The molecule has 5 heteroatoms. The Balaban J connectivity index is 2.08. The van der Waals surface area contributed by atoms with Crippen LogP contribution in [0.25, 0.3) is 0 Å². The molecule has 5 nitrogen and oxygen atoms in total. The zero-order valence-electron chi connectivity index (χ0n) is 12.8. The highest BCUT2D eigenvalue weighted by Gasteiger charge is 2.66. The molecule has 0 aromatic heterocycles. The molecule has 3 unspecified atom stereocenters. The standard InChI is InChI=1S/C15H25NO4/c1-9(10-5-6-10)16(7-8-20-4)13(17)11-12(14(18)19)15(11,2)3/h9-12H,5-8H2,1-4H3,(H,18,19). The Morgan fingerprint density at radius 1 is 1.35 bits per heavy atom. The van der Waals surface area contributed by atoms with E-state index >= 15 is 0 Å². The van der Waals surface area contributed by atoms with Crippen LogP contribution in [0.2, 0.25) is 0 Å². The van der Waals surface area contributed by atoms with Gasteiger partial charge < -0.3 is 14.7 Å². The molecule has 2 rings (SSSR count). The minimum atomic E-state index is -0.862. The van der Waals surface area contributed by atoms with E-state index in [4.69, 9.17) is 4.74 Å². The van der Waals surface area contributed by atoms with Crippen LogP contribution in [0.15, 0.2) is 0 Å². The van der Waals surface area contributed by atoms with Crippen molar-refractivity contribution in [1.82, 2.24) is 4.90 Å². The van der Waals surface area contributed by atoms with Gasteiger partial charge in [0.1, 0.15) is 0 Å². The highest BCUT2D eigenvalue weighted by Crippen LogP contribution is 2.59. The molecule has 1 N–H and O–H groups in total. The normalized spacial score (nSPS) is 28.8. The topological polar surface area (TPSA) is 66.8 Å². The lowest BCUT2D eigenvalue weighted by molar-refractivity contribution is -0.143. The van der Waals surface area contributed by atoms with Crippen molar-refractivity contribution in [2.45, 2.75) is 39.7 Å². The third kappa shape index (κ3) is 2.68. The molecule has 0 aromatic rings. The molecule has 0 saturated heterocycles. The number of hydrogen-bond acceptors (Lipinski definition) is 3. The summed E-state index contributed by atoms with van der Waals surface area (Å²) in [5, 5.41) is 9.23. The van der Waals surface area contributed by atoms with Gasteiger partial charge in [0.2, 0.25) is 5.91 Å². The average molecular weight is 283 g/mol. The van der Waals surface area contributed by atoms with Gasteiger partial charge in [0.15, 0.2) is 0 Å². The molecular formula is C15H25NO4. The summed E-state index contributed by atoms with van der Waals surface area (Å²) < 4.78 is 5.09. The Morgan fingerprint density at radius 2 is 1.95 bits per heavy atom. The summed E-state index contributed by atoms with van der Waals surface area (Å²) in [5.41, 5.74) is -0.433. The largest absolute Gasteiger partial charge is 0.481 e. The van der Waals surface area contributed by atoms with Gasteiger partial charge in [0, 0.05) is 19.7 Å². The van der Waals surface area contributed by atoms with Crippen LogP contribution in [0, 0.1) is 23.2 Å². The van der Waals surface area contributed by atoms with Gasteiger partial charge >= 0.3 is 5.97 Å². The smallest absolute Gasteiger partial charge is 0.307 e. The van der Waals surface area contributed by atoms with Crippen molar-refractivity contribution in [3.8, 4) is 0 Å². The van der Waals surface area contributed by atoms with Crippen molar-refractivity contribution >= 4 is 11.9 Å². The van der Waals surface area contributed by atoms with E-state index in [0.717, 1.165) is 12.8 Å². The molecule has 0 aliphatic heterocycles. The van der Waals surface area contributed by atoms with Crippen molar-refractivity contribution in [2.24, 2.45) is 23.2 Å². The molecule has 0 heterocycles. The molecule has 20 heavy (non-hydrogen) atoms. The molecule has 2 saturated carbocycles. The Kier molecular flexibility index (Phi) is 4.09. The fraction of sp³-hybridized carbons (Fsp3) is 0.867. The first-order valence-electron chi connectivity index (χ1n) is 7.34. The van der Waals surface area contributed by atoms with Gasteiger partial charge in [0.25, 0.3) is 0 Å². The Morgan fingerprint density at radius 3 is 2.35 bits per heavy atom. The first kappa shape index (κ1) is 15.3. The van der Waals surface area contributed by atoms with Gasteiger partial charge in [-0.25, -0.2) is 0 Å². The van der Waals surface area contributed by atoms with Crippen molar-refractivity contribution < 1.29 is 19.4 Å². The maximum absolute atomic E-state index is 12.7. The quantitative estimate of drug-likeness (QED) is 0.771. The van der Waals surface area contributed by atoms with Gasteiger partial charge in [-0.05, 0) is 31.1 Å². The van der Waals surface area contributed by atoms with Crippen molar-refractivity contribution in [2.75, 3.05) is 20.3 Å². The zero-order chi connectivity index (χ0) is 15.1. The first-order valence-corrected chi connectivity index (χ1v) is 7.34. The van der Waals surface area contributed by atoms with E-state index in [0.29, 0.717) is 19.1 Å². The SMILES string of the molecule is COCCN(C(=O)C1C(C(=O)O)C1(C)C)C(C)C1CC1. The van der Waals surface area contributed by atoms with E-state index in [9.17, 15) is 14.7 Å². The first-order chi connectivity index (χ1) is 9.32.